The van der Waals surface area contributed by atoms with E-state index < -0.39 is 86.1 Å². The first-order chi connectivity index (χ1) is 22.0. The van der Waals surface area contributed by atoms with Gasteiger partial charge in [0.05, 0.1) is 12.9 Å². The molecule has 1 unspecified atom stereocenters. The summed E-state index contributed by atoms with van der Waals surface area (Å²) in [7, 11) is -2.66. The van der Waals surface area contributed by atoms with E-state index in [0.29, 0.717) is 0 Å². The van der Waals surface area contributed by atoms with E-state index in [1.54, 1.807) is 41.5 Å². The Bertz CT molecular complexity index is 1540. The summed E-state index contributed by atoms with van der Waals surface area (Å²) >= 11 is 5.39. The van der Waals surface area contributed by atoms with Crippen molar-refractivity contribution in [2.24, 2.45) is 5.92 Å². The predicted octanol–water partition coefficient (Wildman–Crippen LogP) is 0.634. The number of H-pyrrole nitrogens is 1. The van der Waals surface area contributed by atoms with Crippen LogP contribution >= 0.6 is 7.15 Å². The van der Waals surface area contributed by atoms with Gasteiger partial charge in [0.15, 0.2) is 41.4 Å². The van der Waals surface area contributed by atoms with Crippen LogP contribution in [0, 0.1) is 5.92 Å². The van der Waals surface area contributed by atoms with E-state index >= 15 is 0 Å². The van der Waals surface area contributed by atoms with Crippen LogP contribution in [0.2, 0.25) is 0 Å². The van der Waals surface area contributed by atoms with Crippen LogP contribution in [0.1, 0.15) is 47.8 Å². The molecule has 2 aromatic rings. The van der Waals surface area contributed by atoms with E-state index in [-0.39, 0.29) is 35.5 Å². The minimum atomic E-state index is -4.03. The Labute approximate surface area is 275 Å². The van der Waals surface area contributed by atoms with Gasteiger partial charge < -0.3 is 50.5 Å². The Morgan fingerprint density at radius 1 is 1.19 bits per heavy atom. The maximum absolute atomic E-state index is 12.7. The molecule has 0 aliphatic carbocycles. The van der Waals surface area contributed by atoms with Crippen LogP contribution in [0.15, 0.2) is 11.1 Å². The molecule has 6 heterocycles. The van der Waals surface area contributed by atoms with Gasteiger partial charge in [-0.3, -0.25) is 24.5 Å². The molecule has 0 saturated carbocycles. The fourth-order valence-corrected chi connectivity index (χ4v) is 7.34. The Morgan fingerprint density at radius 3 is 2.60 bits per heavy atom. The molecule has 262 valence electrons. The number of carbonyl (C=O) groups excluding carboxylic acids is 1. The zero-order valence-corrected chi connectivity index (χ0v) is 28.6. The second kappa shape index (κ2) is 12.8. The van der Waals surface area contributed by atoms with E-state index in [4.69, 9.17) is 54.5 Å². The zero-order valence-electron chi connectivity index (χ0n) is 26.8. The topological polar surface area (TPSA) is 216 Å². The minimum absolute atomic E-state index is 0.0209. The number of nitrogens with zero attached hydrogens (tertiary/aromatic N) is 3. The molecule has 18 nitrogen and oxygen atoms in total. The van der Waals surface area contributed by atoms with E-state index in [0.717, 1.165) is 0 Å². The molecule has 47 heavy (non-hydrogen) atoms. The van der Waals surface area contributed by atoms with Gasteiger partial charge in [-0.25, -0.2) is 9.88 Å². The molecule has 10 atom stereocenters. The summed E-state index contributed by atoms with van der Waals surface area (Å²) in [6, 6.07) is 0. The highest BCUT2D eigenvalue weighted by molar-refractivity contribution is 8.35. The number of amides is 1. The summed E-state index contributed by atoms with van der Waals surface area (Å²) in [5.41, 5.74) is -0.533. The van der Waals surface area contributed by atoms with Gasteiger partial charge >= 0.3 is 0 Å². The number of ether oxygens (including phenoxy) is 7. The van der Waals surface area contributed by atoms with E-state index in [1.165, 1.54) is 18.0 Å². The van der Waals surface area contributed by atoms with Crippen LogP contribution in [-0.4, -0.2) is 116 Å². The smallest absolute Gasteiger partial charge is 0.287 e. The number of rotatable bonds is 10. The molecule has 4 aliphatic heterocycles. The quantitative estimate of drug-likeness (QED) is 0.197. The molecule has 6 rings (SSSR count). The van der Waals surface area contributed by atoms with Gasteiger partial charge in [0.1, 0.15) is 43.2 Å². The van der Waals surface area contributed by atoms with Gasteiger partial charge in [-0.05, 0) is 27.7 Å². The van der Waals surface area contributed by atoms with Gasteiger partial charge in [0, 0.05) is 13.0 Å². The molecule has 4 saturated heterocycles. The monoisotopic (exact) mass is 705 g/mol. The van der Waals surface area contributed by atoms with Crippen molar-refractivity contribution in [3.63, 3.8) is 0 Å². The molecule has 0 radical (unpaired) electrons. The maximum Gasteiger partial charge on any atom is 0.287 e. The molecular weight excluding hydrogens is 665 g/mol. The first-order valence-electron chi connectivity index (χ1n) is 15.1. The second-order valence-electron chi connectivity index (χ2n) is 12.9. The van der Waals surface area contributed by atoms with Crippen LogP contribution in [0.5, 0.6) is 0 Å². The number of aromatic nitrogens is 4. The lowest BCUT2D eigenvalue weighted by molar-refractivity contribution is -0.231. The highest BCUT2D eigenvalue weighted by Crippen LogP contribution is 2.59. The van der Waals surface area contributed by atoms with Crippen LogP contribution in [0.25, 0.3) is 11.2 Å². The predicted molar refractivity (Wildman–Crippen MR) is 163 cm³/mol. The van der Waals surface area contributed by atoms with Crippen LogP contribution in [0.3, 0.4) is 0 Å². The van der Waals surface area contributed by atoms with Crippen molar-refractivity contribution in [2.75, 3.05) is 25.6 Å². The molecule has 1 amide bonds. The van der Waals surface area contributed by atoms with Crippen molar-refractivity contribution in [1.82, 2.24) is 19.5 Å². The summed E-state index contributed by atoms with van der Waals surface area (Å²) < 4.78 is 54.5. The summed E-state index contributed by atoms with van der Waals surface area (Å²) in [5.74, 6) is -2.63. The third kappa shape index (κ3) is 7.10. The van der Waals surface area contributed by atoms with Crippen LogP contribution < -0.4 is 10.9 Å². The maximum atomic E-state index is 12.7. The lowest BCUT2D eigenvalue weighted by Crippen LogP contribution is -2.44. The zero-order chi connectivity index (χ0) is 34.1. The first kappa shape index (κ1) is 35.0. The second-order valence-corrected chi connectivity index (χ2v) is 15.7. The Hall–Kier alpha value is -1.84. The number of aliphatic hydroxyl groups is 1. The van der Waals surface area contributed by atoms with Gasteiger partial charge in [-0.1, -0.05) is 13.8 Å². The van der Waals surface area contributed by atoms with Crippen molar-refractivity contribution >= 4 is 42.4 Å². The molecule has 0 bridgehead atoms. The summed E-state index contributed by atoms with van der Waals surface area (Å²) in [6.45, 7) is 10.2. The van der Waals surface area contributed by atoms with Gasteiger partial charge in [0.2, 0.25) is 11.9 Å². The number of aliphatic hydroxyl groups excluding tert-OH is 1. The normalized spacial score (nSPS) is 35.9. The van der Waals surface area contributed by atoms with Crippen molar-refractivity contribution in [3.8, 4) is 0 Å². The molecular formula is C27H40N5O13PS. The van der Waals surface area contributed by atoms with Crippen molar-refractivity contribution in [3.05, 3.63) is 16.7 Å². The third-order valence-electron chi connectivity index (χ3n) is 8.14. The molecule has 4 N–H and O–H groups in total. The fourth-order valence-electron chi connectivity index (χ4n) is 5.92. The number of anilines is 1. The largest absolute Gasteiger partial charge is 0.459 e. The van der Waals surface area contributed by atoms with Gasteiger partial charge in [-0.2, -0.15) is 14.0 Å². The summed E-state index contributed by atoms with van der Waals surface area (Å²) in [5, 5.41) is 13.7. The lowest BCUT2D eigenvalue weighted by Gasteiger charge is -2.32. The minimum Gasteiger partial charge on any atom is -0.459 e. The van der Waals surface area contributed by atoms with Crippen molar-refractivity contribution in [2.45, 2.75) is 108 Å². The summed E-state index contributed by atoms with van der Waals surface area (Å²) in [6.07, 6.45) is -6.88. The Kier molecular flexibility index (Phi) is 9.53. The van der Waals surface area contributed by atoms with Crippen molar-refractivity contribution < 1.29 is 57.0 Å². The highest BCUT2D eigenvalue weighted by Gasteiger charge is 2.61. The lowest BCUT2D eigenvalue weighted by atomic mass is 10.1. The Morgan fingerprint density at radius 2 is 1.94 bits per heavy atom. The number of imidazole rings is 1. The molecule has 0 spiro atoms. The first-order valence-corrected chi connectivity index (χ1v) is 17.7. The standard InChI is InChI=1S/C27H40N5O13PS/c1-11(2)21(34)30-25-29-20-14(22(35)31-25)28-10-32(20)23-17(37-7)15(33)12(40-23)9-39-46(36,47)45-18-16(13-8-38-26(3,4)42-13)41-24-19(18)43-27(5,6)44-24/h10-13,15-19,23-24,33H,8-9H2,1-7H3,(H,36,47)(H2,29,30,31,34,35)/t12-,13-,15-,16-,17-,18+,19-,23-,24-,46?/m1/s1. The number of hydrogen-bond donors (Lipinski definition) is 4. The number of methoxy groups -OCH3 is 1. The molecule has 4 fully saturated rings. The van der Waals surface area contributed by atoms with E-state index in [9.17, 15) is 19.6 Å². The number of fused-ring (bicyclic) bond motifs is 2. The van der Waals surface area contributed by atoms with E-state index in [1.807, 2.05) is 0 Å². The summed E-state index contributed by atoms with van der Waals surface area (Å²) in [4.78, 5) is 47.1. The highest BCUT2D eigenvalue weighted by atomic mass is 32.7. The average molecular weight is 706 g/mol. The molecule has 20 heteroatoms. The van der Waals surface area contributed by atoms with Gasteiger partial charge in [0.25, 0.3) is 12.7 Å². The average Bonchev–Trinajstić information content (AvgIpc) is 3.76. The SMILES string of the molecule is CO[C@@H]1[C@H](O)[C@@H](CO[P+](O)([S-])O[C@@H]2[C@H]3OC(C)(C)O[C@H]3O[C@@H]2[C@H]2COC(C)(C)O2)O[C@H]1n1cnc2c(=O)[nH]c(NC(=O)C(C)C)nc21. The number of nitrogens with one attached hydrogen (secondary N) is 2. The fraction of sp³-hybridized carbons (Fsp3) is 0.778. The van der Waals surface area contributed by atoms with Crippen molar-refractivity contribution in [1.29, 1.82) is 0 Å². The number of aromatic amines is 1. The number of hydrogen-bond acceptors (Lipinski definition) is 16. The van der Waals surface area contributed by atoms with Gasteiger partial charge in [-0.15, -0.1) is 0 Å². The third-order valence-corrected chi connectivity index (χ3v) is 9.70. The molecule has 4 aliphatic rings. The van der Waals surface area contributed by atoms with E-state index in [2.05, 4.69) is 20.3 Å². The van der Waals surface area contributed by atoms with Crippen LogP contribution in [0.4, 0.5) is 5.95 Å². The molecule has 2 aromatic heterocycles. The number of carbonyl (C=O) groups is 1. The van der Waals surface area contributed by atoms with Crippen LogP contribution in [-0.2, 0) is 59.2 Å². The Balaban J connectivity index is 1.17. The molecule has 0 aromatic carbocycles.